The van der Waals surface area contributed by atoms with Gasteiger partial charge in [0.05, 0.1) is 16.4 Å². The van der Waals surface area contributed by atoms with E-state index in [4.69, 9.17) is 4.74 Å². The van der Waals surface area contributed by atoms with Gasteiger partial charge in [0.15, 0.2) is 0 Å². The van der Waals surface area contributed by atoms with E-state index in [-0.39, 0.29) is 0 Å². The molecule has 1 aromatic carbocycles. The molecule has 0 aliphatic carbocycles. The number of aromatic nitrogens is 2. The summed E-state index contributed by atoms with van der Waals surface area (Å²) in [5.41, 5.74) is 2.17. The van der Waals surface area contributed by atoms with E-state index in [2.05, 4.69) is 50.9 Å². The first-order valence-corrected chi connectivity index (χ1v) is 8.11. The highest BCUT2D eigenvalue weighted by atomic mass is 127. The highest BCUT2D eigenvalue weighted by Gasteiger charge is 2.09. The minimum Gasteiger partial charge on any atom is -0.497 e. The smallest absolute Gasteiger partial charge is 0.143 e. The number of nitrogens with one attached hydrogen (secondary N) is 1. The third-order valence-corrected chi connectivity index (χ3v) is 4.39. The summed E-state index contributed by atoms with van der Waals surface area (Å²) in [4.78, 5) is 9.24. The van der Waals surface area contributed by atoms with Crippen LogP contribution in [0.25, 0.3) is 0 Å². The molecule has 1 N–H and O–H groups in total. The van der Waals surface area contributed by atoms with Crippen molar-refractivity contribution in [3.8, 4) is 5.75 Å². The Hall–Kier alpha value is -1.37. The van der Waals surface area contributed by atoms with Crippen LogP contribution in [-0.2, 0) is 6.42 Å². The van der Waals surface area contributed by atoms with Gasteiger partial charge >= 0.3 is 0 Å². The molecule has 1 heterocycles. The standard InChI is InChI=1S/C16H20IN3O/c1-4-8-18-16-15(17)11(2)19-14(20-16)10-12-6-5-7-13(9-12)21-3/h5-7,9H,4,8,10H2,1-3H3,(H,18,19,20). The van der Waals surface area contributed by atoms with Gasteiger partial charge in [-0.1, -0.05) is 19.1 Å². The van der Waals surface area contributed by atoms with E-state index in [1.54, 1.807) is 7.11 Å². The molecule has 0 spiro atoms. The summed E-state index contributed by atoms with van der Waals surface area (Å²) < 4.78 is 6.35. The van der Waals surface area contributed by atoms with Gasteiger partial charge in [-0.15, -0.1) is 0 Å². The molecule has 0 radical (unpaired) electrons. The monoisotopic (exact) mass is 397 g/mol. The second-order valence-electron chi connectivity index (χ2n) is 4.84. The van der Waals surface area contributed by atoms with Gasteiger partial charge in [0.25, 0.3) is 0 Å². The number of nitrogens with zero attached hydrogens (tertiary/aromatic N) is 2. The van der Waals surface area contributed by atoms with Crippen molar-refractivity contribution in [2.45, 2.75) is 26.7 Å². The largest absolute Gasteiger partial charge is 0.497 e. The third-order valence-electron chi connectivity index (χ3n) is 3.10. The van der Waals surface area contributed by atoms with Crippen LogP contribution >= 0.6 is 22.6 Å². The lowest BCUT2D eigenvalue weighted by molar-refractivity contribution is 0.414. The number of benzene rings is 1. The molecule has 0 fully saturated rings. The number of halogens is 1. The van der Waals surface area contributed by atoms with E-state index >= 15 is 0 Å². The quantitative estimate of drug-likeness (QED) is 0.754. The highest BCUT2D eigenvalue weighted by Crippen LogP contribution is 2.21. The Balaban J connectivity index is 2.24. The predicted molar refractivity (Wildman–Crippen MR) is 94.1 cm³/mol. The fourth-order valence-electron chi connectivity index (χ4n) is 2.02. The summed E-state index contributed by atoms with van der Waals surface area (Å²) >= 11 is 2.30. The van der Waals surface area contributed by atoms with Crippen molar-refractivity contribution < 1.29 is 4.74 Å². The molecule has 0 unspecified atom stereocenters. The summed E-state index contributed by atoms with van der Waals surface area (Å²) in [5, 5.41) is 3.37. The fourth-order valence-corrected chi connectivity index (χ4v) is 2.45. The lowest BCUT2D eigenvalue weighted by atomic mass is 10.1. The van der Waals surface area contributed by atoms with Crippen molar-refractivity contribution >= 4 is 28.4 Å². The van der Waals surface area contributed by atoms with Crippen LogP contribution in [0.4, 0.5) is 5.82 Å². The van der Waals surface area contributed by atoms with Crippen LogP contribution in [0, 0.1) is 10.5 Å². The van der Waals surface area contributed by atoms with Crippen LogP contribution in [-0.4, -0.2) is 23.6 Å². The Bertz CT molecular complexity index is 616. The molecule has 2 rings (SSSR count). The van der Waals surface area contributed by atoms with Gasteiger partial charge < -0.3 is 10.1 Å². The Morgan fingerprint density at radius 3 is 2.81 bits per heavy atom. The van der Waals surface area contributed by atoms with Crippen molar-refractivity contribution in [2.75, 3.05) is 19.0 Å². The number of methoxy groups -OCH3 is 1. The van der Waals surface area contributed by atoms with Crippen LogP contribution in [0.5, 0.6) is 5.75 Å². The Morgan fingerprint density at radius 2 is 2.10 bits per heavy atom. The number of hydrogen-bond donors (Lipinski definition) is 1. The van der Waals surface area contributed by atoms with Crippen molar-refractivity contribution in [1.29, 1.82) is 0 Å². The number of rotatable bonds is 6. The number of hydrogen-bond acceptors (Lipinski definition) is 4. The minimum absolute atomic E-state index is 0.704. The molecular weight excluding hydrogens is 377 g/mol. The number of aryl methyl sites for hydroxylation is 1. The van der Waals surface area contributed by atoms with E-state index < -0.39 is 0 Å². The van der Waals surface area contributed by atoms with E-state index in [1.807, 2.05) is 25.1 Å². The zero-order valence-electron chi connectivity index (χ0n) is 12.6. The van der Waals surface area contributed by atoms with E-state index in [9.17, 15) is 0 Å². The minimum atomic E-state index is 0.704. The first-order chi connectivity index (χ1) is 10.1. The summed E-state index contributed by atoms with van der Waals surface area (Å²) in [5.74, 6) is 2.63. The van der Waals surface area contributed by atoms with Gasteiger partial charge in [0.1, 0.15) is 17.4 Å². The molecule has 5 heteroatoms. The number of anilines is 1. The van der Waals surface area contributed by atoms with Crippen LogP contribution in [0.3, 0.4) is 0 Å². The predicted octanol–water partition coefficient (Wildman–Crippen LogP) is 3.81. The normalized spacial score (nSPS) is 10.5. The zero-order chi connectivity index (χ0) is 15.2. The second-order valence-corrected chi connectivity index (χ2v) is 5.92. The van der Waals surface area contributed by atoms with Crippen molar-refractivity contribution in [1.82, 2.24) is 9.97 Å². The molecule has 0 saturated heterocycles. The molecule has 2 aromatic rings. The summed E-state index contributed by atoms with van der Waals surface area (Å²) in [7, 11) is 1.68. The van der Waals surface area contributed by atoms with Gasteiger partial charge in [-0.2, -0.15) is 0 Å². The highest BCUT2D eigenvalue weighted by molar-refractivity contribution is 14.1. The lowest BCUT2D eigenvalue weighted by Crippen LogP contribution is -2.09. The van der Waals surface area contributed by atoms with Crippen LogP contribution < -0.4 is 10.1 Å². The van der Waals surface area contributed by atoms with Crippen molar-refractivity contribution in [2.24, 2.45) is 0 Å². The zero-order valence-corrected chi connectivity index (χ0v) is 14.8. The van der Waals surface area contributed by atoms with Crippen LogP contribution in [0.1, 0.15) is 30.4 Å². The fraction of sp³-hybridized carbons (Fsp3) is 0.375. The number of ether oxygens (including phenoxy) is 1. The van der Waals surface area contributed by atoms with Gasteiger partial charge in [0, 0.05) is 13.0 Å². The Morgan fingerprint density at radius 1 is 1.29 bits per heavy atom. The Kier molecular flexibility index (Phi) is 5.78. The average Bonchev–Trinajstić information content (AvgIpc) is 2.49. The SMILES string of the molecule is CCCNc1nc(Cc2cccc(OC)c2)nc(C)c1I. The summed E-state index contributed by atoms with van der Waals surface area (Å²) in [6.07, 6.45) is 1.78. The molecule has 0 atom stereocenters. The molecule has 112 valence electrons. The molecule has 4 nitrogen and oxygen atoms in total. The summed E-state index contributed by atoms with van der Waals surface area (Å²) in [6.45, 7) is 5.09. The van der Waals surface area contributed by atoms with Crippen molar-refractivity contribution in [3.05, 3.63) is 44.9 Å². The first-order valence-electron chi connectivity index (χ1n) is 7.03. The van der Waals surface area contributed by atoms with Crippen molar-refractivity contribution in [3.63, 3.8) is 0 Å². The third kappa shape index (κ3) is 4.30. The molecular formula is C16H20IN3O. The van der Waals surface area contributed by atoms with Crippen LogP contribution in [0.15, 0.2) is 24.3 Å². The molecule has 0 saturated carbocycles. The summed E-state index contributed by atoms with van der Waals surface area (Å²) in [6, 6.07) is 8.02. The topological polar surface area (TPSA) is 47.0 Å². The lowest BCUT2D eigenvalue weighted by Gasteiger charge is -2.11. The molecule has 0 aliphatic rings. The van der Waals surface area contributed by atoms with Crippen LogP contribution in [0.2, 0.25) is 0 Å². The van der Waals surface area contributed by atoms with Gasteiger partial charge in [-0.3, -0.25) is 0 Å². The van der Waals surface area contributed by atoms with Gasteiger partial charge in [-0.25, -0.2) is 9.97 Å². The molecule has 0 bridgehead atoms. The van der Waals surface area contributed by atoms with E-state index in [0.29, 0.717) is 6.42 Å². The van der Waals surface area contributed by atoms with E-state index in [0.717, 1.165) is 45.2 Å². The Labute approximate surface area is 139 Å². The van der Waals surface area contributed by atoms with E-state index in [1.165, 1.54) is 0 Å². The maximum atomic E-state index is 5.26. The average molecular weight is 397 g/mol. The maximum Gasteiger partial charge on any atom is 0.143 e. The molecule has 21 heavy (non-hydrogen) atoms. The molecule has 0 amide bonds. The molecule has 1 aromatic heterocycles. The molecule has 0 aliphatic heterocycles. The maximum absolute atomic E-state index is 5.26. The second kappa shape index (κ2) is 7.59. The first kappa shape index (κ1) is 16.0. The van der Waals surface area contributed by atoms with Gasteiger partial charge in [-0.05, 0) is 53.6 Å². The van der Waals surface area contributed by atoms with Gasteiger partial charge in [0.2, 0.25) is 0 Å².